The maximum atomic E-state index is 12.4. The van der Waals surface area contributed by atoms with Crippen LogP contribution in [0.5, 0.6) is 0 Å². The van der Waals surface area contributed by atoms with E-state index in [9.17, 15) is 4.79 Å². The second-order valence-corrected chi connectivity index (χ2v) is 4.92. The van der Waals surface area contributed by atoms with Crippen molar-refractivity contribution in [1.82, 2.24) is 14.8 Å². The van der Waals surface area contributed by atoms with E-state index < -0.39 is 0 Å². The summed E-state index contributed by atoms with van der Waals surface area (Å²) in [6.45, 7) is 5.86. The third kappa shape index (κ3) is 2.36. The number of carbonyl (C=O) groups excluding carboxylic acids is 1. The molecule has 2 heterocycles. The van der Waals surface area contributed by atoms with E-state index in [2.05, 4.69) is 19.2 Å². The van der Waals surface area contributed by atoms with Crippen molar-refractivity contribution in [1.29, 1.82) is 0 Å². The van der Waals surface area contributed by atoms with Crippen LogP contribution in [0.1, 0.15) is 36.8 Å². The predicted octanol–water partition coefficient (Wildman–Crippen LogP) is 1.50. The molecule has 4 nitrogen and oxygen atoms in total. The zero-order valence-electron chi connectivity index (χ0n) is 10.8. The number of aromatic nitrogens is 1. The van der Waals surface area contributed by atoms with Gasteiger partial charge in [-0.15, -0.1) is 0 Å². The third-order valence-electron chi connectivity index (χ3n) is 3.44. The van der Waals surface area contributed by atoms with Crippen LogP contribution in [0.25, 0.3) is 0 Å². The molecule has 0 aliphatic carbocycles. The standard InChI is InChI=1S/C13H21N3O/c1-10(2)16-7-4-5-12(16)13(17)15-8-6-11(9-15)14-3/h4-5,7,10-11,14H,6,8-9H2,1-3H3. The van der Waals surface area contributed by atoms with Gasteiger partial charge in [0.2, 0.25) is 0 Å². The van der Waals surface area contributed by atoms with Crippen molar-refractivity contribution >= 4 is 5.91 Å². The smallest absolute Gasteiger partial charge is 0.270 e. The Morgan fingerprint density at radius 3 is 2.88 bits per heavy atom. The van der Waals surface area contributed by atoms with Gasteiger partial charge >= 0.3 is 0 Å². The summed E-state index contributed by atoms with van der Waals surface area (Å²) in [4.78, 5) is 14.3. The normalized spacial score (nSPS) is 20.2. The lowest BCUT2D eigenvalue weighted by Crippen LogP contribution is -2.34. The Hall–Kier alpha value is -1.29. The van der Waals surface area contributed by atoms with Gasteiger partial charge in [0.15, 0.2) is 0 Å². The maximum absolute atomic E-state index is 12.4. The molecule has 17 heavy (non-hydrogen) atoms. The van der Waals surface area contributed by atoms with Gasteiger partial charge in [0.25, 0.3) is 5.91 Å². The van der Waals surface area contributed by atoms with Gasteiger partial charge < -0.3 is 14.8 Å². The van der Waals surface area contributed by atoms with Crippen LogP contribution in [0.3, 0.4) is 0 Å². The van der Waals surface area contributed by atoms with E-state index in [1.54, 1.807) is 0 Å². The maximum Gasteiger partial charge on any atom is 0.270 e. The highest BCUT2D eigenvalue weighted by Gasteiger charge is 2.27. The fourth-order valence-electron chi connectivity index (χ4n) is 2.37. The highest BCUT2D eigenvalue weighted by molar-refractivity contribution is 5.93. The minimum Gasteiger partial charge on any atom is -0.341 e. The van der Waals surface area contributed by atoms with Crippen molar-refractivity contribution in [2.75, 3.05) is 20.1 Å². The molecular formula is C13H21N3O. The van der Waals surface area contributed by atoms with E-state index in [1.807, 2.05) is 34.8 Å². The molecule has 1 unspecified atom stereocenters. The molecule has 1 aromatic rings. The van der Waals surface area contributed by atoms with Crippen molar-refractivity contribution in [3.05, 3.63) is 24.0 Å². The molecule has 1 N–H and O–H groups in total. The van der Waals surface area contributed by atoms with Gasteiger partial charge in [0, 0.05) is 31.4 Å². The highest BCUT2D eigenvalue weighted by Crippen LogP contribution is 2.17. The fraction of sp³-hybridized carbons (Fsp3) is 0.615. The minimum absolute atomic E-state index is 0.154. The van der Waals surface area contributed by atoms with Crippen LogP contribution in [-0.4, -0.2) is 41.6 Å². The summed E-state index contributed by atoms with van der Waals surface area (Å²) in [5.41, 5.74) is 0.803. The van der Waals surface area contributed by atoms with Gasteiger partial charge in [-0.05, 0) is 39.4 Å². The first-order valence-corrected chi connectivity index (χ1v) is 6.27. The summed E-state index contributed by atoms with van der Waals surface area (Å²) in [5.74, 6) is 0.154. The van der Waals surface area contributed by atoms with Gasteiger partial charge in [-0.2, -0.15) is 0 Å². The molecule has 0 saturated carbocycles. The third-order valence-corrected chi connectivity index (χ3v) is 3.44. The second-order valence-electron chi connectivity index (χ2n) is 4.92. The number of rotatable bonds is 3. The van der Waals surface area contributed by atoms with Crippen LogP contribution < -0.4 is 5.32 Å². The SMILES string of the molecule is CNC1CCN(C(=O)c2cccn2C(C)C)C1. The molecule has 1 amide bonds. The van der Waals surface area contributed by atoms with E-state index in [-0.39, 0.29) is 5.91 Å². The zero-order chi connectivity index (χ0) is 12.4. The number of likely N-dealkylation sites (tertiary alicyclic amines) is 1. The highest BCUT2D eigenvalue weighted by atomic mass is 16.2. The molecule has 0 spiro atoms. The summed E-state index contributed by atoms with van der Waals surface area (Å²) in [6, 6.07) is 4.63. The number of likely N-dealkylation sites (N-methyl/N-ethyl adjacent to an activating group) is 1. The number of hydrogen-bond donors (Lipinski definition) is 1. The van der Waals surface area contributed by atoms with Crippen molar-refractivity contribution in [2.24, 2.45) is 0 Å². The van der Waals surface area contributed by atoms with Gasteiger partial charge in [0.05, 0.1) is 0 Å². The first kappa shape index (κ1) is 12.2. The van der Waals surface area contributed by atoms with Gasteiger partial charge in [0.1, 0.15) is 5.69 Å². The predicted molar refractivity (Wildman–Crippen MR) is 68.2 cm³/mol. The number of hydrogen-bond acceptors (Lipinski definition) is 2. The molecule has 1 aliphatic rings. The molecule has 94 valence electrons. The number of amides is 1. The lowest BCUT2D eigenvalue weighted by molar-refractivity contribution is 0.0777. The summed E-state index contributed by atoms with van der Waals surface area (Å²) < 4.78 is 2.04. The van der Waals surface area contributed by atoms with E-state index in [0.717, 1.165) is 25.2 Å². The Morgan fingerprint density at radius 2 is 2.29 bits per heavy atom. The lowest BCUT2D eigenvalue weighted by Gasteiger charge is -2.19. The molecule has 1 saturated heterocycles. The van der Waals surface area contributed by atoms with Gasteiger partial charge in [-0.1, -0.05) is 0 Å². The fourth-order valence-corrected chi connectivity index (χ4v) is 2.37. The first-order chi connectivity index (χ1) is 8.13. The van der Waals surface area contributed by atoms with E-state index in [1.165, 1.54) is 0 Å². The van der Waals surface area contributed by atoms with Crippen LogP contribution in [0, 0.1) is 0 Å². The summed E-state index contributed by atoms with van der Waals surface area (Å²) in [5, 5.41) is 3.23. The number of carbonyl (C=O) groups is 1. The zero-order valence-corrected chi connectivity index (χ0v) is 10.8. The van der Waals surface area contributed by atoms with Crippen molar-refractivity contribution in [3.63, 3.8) is 0 Å². The summed E-state index contributed by atoms with van der Waals surface area (Å²) in [6.07, 6.45) is 3.02. The summed E-state index contributed by atoms with van der Waals surface area (Å²) in [7, 11) is 1.95. The molecule has 1 aromatic heterocycles. The Bertz CT molecular complexity index is 397. The quantitative estimate of drug-likeness (QED) is 0.862. The average molecular weight is 235 g/mol. The van der Waals surface area contributed by atoms with Crippen LogP contribution >= 0.6 is 0 Å². The summed E-state index contributed by atoms with van der Waals surface area (Å²) >= 11 is 0. The lowest BCUT2D eigenvalue weighted by atomic mass is 10.3. The minimum atomic E-state index is 0.154. The average Bonchev–Trinajstić information content (AvgIpc) is 2.97. The molecule has 2 rings (SSSR count). The van der Waals surface area contributed by atoms with Crippen molar-refractivity contribution in [2.45, 2.75) is 32.4 Å². The van der Waals surface area contributed by atoms with E-state index >= 15 is 0 Å². The van der Waals surface area contributed by atoms with E-state index in [4.69, 9.17) is 0 Å². The largest absolute Gasteiger partial charge is 0.341 e. The van der Waals surface area contributed by atoms with Crippen LogP contribution in [0.15, 0.2) is 18.3 Å². The molecule has 0 radical (unpaired) electrons. The Kier molecular flexibility index (Phi) is 3.52. The molecule has 4 heteroatoms. The van der Waals surface area contributed by atoms with Crippen molar-refractivity contribution in [3.8, 4) is 0 Å². The molecule has 0 aromatic carbocycles. The van der Waals surface area contributed by atoms with Crippen LogP contribution in [0.2, 0.25) is 0 Å². The molecular weight excluding hydrogens is 214 g/mol. The monoisotopic (exact) mass is 235 g/mol. The molecule has 1 aliphatic heterocycles. The van der Waals surface area contributed by atoms with E-state index in [0.29, 0.717) is 12.1 Å². The Labute approximate surface area is 103 Å². The molecule has 1 atom stereocenters. The topological polar surface area (TPSA) is 37.3 Å². The first-order valence-electron chi connectivity index (χ1n) is 6.27. The molecule has 1 fully saturated rings. The van der Waals surface area contributed by atoms with Crippen LogP contribution in [0.4, 0.5) is 0 Å². The second kappa shape index (κ2) is 4.92. The van der Waals surface area contributed by atoms with Crippen molar-refractivity contribution < 1.29 is 4.79 Å². The van der Waals surface area contributed by atoms with Gasteiger partial charge in [-0.25, -0.2) is 0 Å². The Morgan fingerprint density at radius 1 is 1.53 bits per heavy atom. The van der Waals surface area contributed by atoms with Gasteiger partial charge in [-0.3, -0.25) is 4.79 Å². The Balaban J connectivity index is 2.12. The number of nitrogens with zero attached hydrogens (tertiary/aromatic N) is 2. The molecule has 0 bridgehead atoms. The van der Waals surface area contributed by atoms with Crippen LogP contribution in [-0.2, 0) is 0 Å². The number of nitrogens with one attached hydrogen (secondary N) is 1.